The predicted molar refractivity (Wildman–Crippen MR) is 145 cm³/mol. The summed E-state index contributed by atoms with van der Waals surface area (Å²) in [4.78, 5) is 17.0. The van der Waals surface area contributed by atoms with Crippen molar-refractivity contribution in [2.24, 2.45) is 0 Å². The van der Waals surface area contributed by atoms with Gasteiger partial charge in [0.15, 0.2) is 0 Å². The van der Waals surface area contributed by atoms with Gasteiger partial charge in [-0.3, -0.25) is 9.69 Å². The van der Waals surface area contributed by atoms with Crippen LogP contribution in [0.2, 0.25) is 20.1 Å². The molecule has 1 fully saturated rings. The van der Waals surface area contributed by atoms with Crippen LogP contribution in [0.25, 0.3) is 6.08 Å². The summed E-state index contributed by atoms with van der Waals surface area (Å²) >= 11 is 24.9. The minimum atomic E-state index is -0.275. The summed E-state index contributed by atoms with van der Waals surface area (Å²) in [5.74, 6) is -0.275. The van der Waals surface area contributed by atoms with Crippen molar-refractivity contribution in [2.45, 2.75) is 6.54 Å². The van der Waals surface area contributed by atoms with Crippen LogP contribution in [0, 0.1) is 0 Å². The molecule has 1 amide bonds. The van der Waals surface area contributed by atoms with E-state index in [1.165, 1.54) is 6.08 Å². The van der Waals surface area contributed by atoms with Crippen molar-refractivity contribution in [3.05, 3.63) is 98.0 Å². The summed E-state index contributed by atoms with van der Waals surface area (Å²) in [5.41, 5.74) is 3.44. The minimum absolute atomic E-state index is 0.275. The normalized spacial score (nSPS) is 14.5. The molecule has 1 heterocycles. The van der Waals surface area contributed by atoms with E-state index < -0.39 is 0 Å². The maximum atomic E-state index is 12.3. The molecule has 0 spiro atoms. The van der Waals surface area contributed by atoms with Crippen molar-refractivity contribution in [1.82, 2.24) is 4.90 Å². The summed E-state index contributed by atoms with van der Waals surface area (Å²) in [5, 5.41) is 5.26. The van der Waals surface area contributed by atoms with Gasteiger partial charge in [-0.2, -0.15) is 0 Å². The Morgan fingerprint density at radius 2 is 1.62 bits per heavy atom. The highest BCUT2D eigenvalue weighted by molar-refractivity contribution is 6.35. The average molecular weight is 535 g/mol. The lowest BCUT2D eigenvalue weighted by molar-refractivity contribution is -0.111. The van der Waals surface area contributed by atoms with Crippen molar-refractivity contribution < 1.29 is 4.79 Å². The van der Waals surface area contributed by atoms with Gasteiger partial charge in [-0.25, -0.2) is 0 Å². The Morgan fingerprint density at radius 1 is 0.853 bits per heavy atom. The van der Waals surface area contributed by atoms with Crippen LogP contribution in [0.4, 0.5) is 11.4 Å². The Morgan fingerprint density at radius 3 is 2.32 bits per heavy atom. The Balaban J connectivity index is 1.33. The number of amides is 1. The van der Waals surface area contributed by atoms with E-state index in [2.05, 4.69) is 21.2 Å². The Kier molecular flexibility index (Phi) is 8.41. The van der Waals surface area contributed by atoms with Crippen molar-refractivity contribution in [3.8, 4) is 0 Å². The van der Waals surface area contributed by atoms with Crippen LogP contribution in [0.5, 0.6) is 0 Å². The van der Waals surface area contributed by atoms with Crippen LogP contribution >= 0.6 is 46.4 Å². The summed E-state index contributed by atoms with van der Waals surface area (Å²) in [6.45, 7) is 4.39. The molecule has 0 radical (unpaired) electrons. The third kappa shape index (κ3) is 6.47. The fourth-order valence-electron chi connectivity index (χ4n) is 3.84. The van der Waals surface area contributed by atoms with Gasteiger partial charge in [0.1, 0.15) is 0 Å². The summed E-state index contributed by atoms with van der Waals surface area (Å²) in [6.07, 6.45) is 3.07. The molecule has 0 atom stereocenters. The van der Waals surface area contributed by atoms with Crippen LogP contribution in [0.3, 0.4) is 0 Å². The van der Waals surface area contributed by atoms with E-state index in [9.17, 15) is 4.79 Å². The maximum absolute atomic E-state index is 12.3. The lowest BCUT2D eigenvalue weighted by Gasteiger charge is -2.36. The monoisotopic (exact) mass is 533 g/mol. The van der Waals surface area contributed by atoms with Crippen molar-refractivity contribution in [3.63, 3.8) is 0 Å². The van der Waals surface area contributed by atoms with Gasteiger partial charge in [-0.15, -0.1) is 0 Å². The van der Waals surface area contributed by atoms with Gasteiger partial charge in [-0.05, 0) is 53.6 Å². The fourth-order valence-corrected chi connectivity index (χ4v) is 4.81. The first-order valence-electron chi connectivity index (χ1n) is 10.8. The molecule has 1 aliphatic rings. The first kappa shape index (κ1) is 24.9. The molecule has 4 nitrogen and oxygen atoms in total. The van der Waals surface area contributed by atoms with Crippen LogP contribution in [0.15, 0.2) is 66.7 Å². The number of halogens is 4. The molecule has 0 unspecified atom stereocenters. The van der Waals surface area contributed by atoms with E-state index in [0.717, 1.165) is 49.0 Å². The van der Waals surface area contributed by atoms with Crippen molar-refractivity contribution in [2.75, 3.05) is 36.4 Å². The number of piperazine rings is 1. The molecule has 0 saturated carbocycles. The van der Waals surface area contributed by atoms with E-state index in [1.54, 1.807) is 30.3 Å². The number of carbonyl (C=O) groups excluding carboxylic acids is 1. The average Bonchev–Trinajstić information content (AvgIpc) is 2.81. The molecule has 0 aliphatic carbocycles. The van der Waals surface area contributed by atoms with Gasteiger partial charge in [0.25, 0.3) is 0 Å². The lowest BCUT2D eigenvalue weighted by Crippen LogP contribution is -2.46. The Labute approximate surface area is 219 Å². The molecular weight excluding hydrogens is 512 g/mol. The van der Waals surface area contributed by atoms with Crippen molar-refractivity contribution >= 4 is 69.8 Å². The maximum Gasteiger partial charge on any atom is 0.248 e. The summed E-state index contributed by atoms with van der Waals surface area (Å²) in [7, 11) is 0. The molecule has 3 aromatic carbocycles. The molecule has 4 rings (SSSR count). The van der Waals surface area contributed by atoms with Gasteiger partial charge in [0.05, 0.1) is 10.7 Å². The second-order valence-corrected chi connectivity index (χ2v) is 9.67. The number of anilines is 2. The second kappa shape index (κ2) is 11.5. The standard InChI is InChI=1S/C26H23Cl4N3O/c27-20-7-5-18(23(29)15-20)6-10-26(34)31-21-8-9-25(24(30)16-21)33-13-11-32(12-14-33)17-19-3-1-2-4-22(19)28/h1-10,15-16H,11-14,17H2,(H,31,34). The largest absolute Gasteiger partial charge is 0.368 e. The zero-order valence-electron chi connectivity index (χ0n) is 18.3. The SMILES string of the molecule is O=C(C=Cc1ccc(Cl)cc1Cl)Nc1ccc(N2CCN(Cc3ccccc3Cl)CC2)c(Cl)c1. The third-order valence-corrected chi connectivity index (χ3v) is 6.89. The van der Waals surface area contributed by atoms with Gasteiger partial charge in [0.2, 0.25) is 5.91 Å². The fraction of sp³-hybridized carbons (Fsp3) is 0.192. The Bertz CT molecular complexity index is 1210. The van der Waals surface area contributed by atoms with E-state index >= 15 is 0 Å². The second-order valence-electron chi connectivity index (χ2n) is 8.01. The molecule has 0 aromatic heterocycles. The van der Waals surface area contributed by atoms with Gasteiger partial charge >= 0.3 is 0 Å². The van der Waals surface area contributed by atoms with E-state index in [0.29, 0.717) is 26.3 Å². The number of hydrogen-bond acceptors (Lipinski definition) is 3. The molecule has 176 valence electrons. The zero-order valence-corrected chi connectivity index (χ0v) is 21.3. The molecule has 0 bridgehead atoms. The van der Waals surface area contributed by atoms with Crippen LogP contribution in [-0.4, -0.2) is 37.0 Å². The highest BCUT2D eigenvalue weighted by Gasteiger charge is 2.20. The number of carbonyl (C=O) groups is 1. The zero-order chi connectivity index (χ0) is 24.1. The molecular formula is C26H23Cl4N3O. The van der Waals surface area contributed by atoms with Crippen LogP contribution < -0.4 is 10.2 Å². The number of benzene rings is 3. The molecule has 1 saturated heterocycles. The minimum Gasteiger partial charge on any atom is -0.368 e. The predicted octanol–water partition coefficient (Wildman–Crippen LogP) is 7.27. The highest BCUT2D eigenvalue weighted by atomic mass is 35.5. The Hall–Kier alpha value is -2.21. The molecule has 3 aromatic rings. The molecule has 8 heteroatoms. The molecule has 1 N–H and O–H groups in total. The van der Waals surface area contributed by atoms with Gasteiger partial charge < -0.3 is 10.2 Å². The molecule has 34 heavy (non-hydrogen) atoms. The molecule has 1 aliphatic heterocycles. The summed E-state index contributed by atoms with van der Waals surface area (Å²) in [6, 6.07) is 18.6. The number of rotatable bonds is 6. The van der Waals surface area contributed by atoms with Crippen LogP contribution in [0.1, 0.15) is 11.1 Å². The van der Waals surface area contributed by atoms with Crippen molar-refractivity contribution in [1.29, 1.82) is 0 Å². The number of hydrogen-bond donors (Lipinski definition) is 1. The quantitative estimate of drug-likeness (QED) is 0.337. The lowest BCUT2D eigenvalue weighted by atomic mass is 10.2. The van der Waals surface area contributed by atoms with E-state index in [4.69, 9.17) is 46.4 Å². The van der Waals surface area contributed by atoms with E-state index in [-0.39, 0.29) is 5.91 Å². The first-order chi connectivity index (χ1) is 16.4. The van der Waals surface area contributed by atoms with Gasteiger partial charge in [0, 0.05) is 59.6 Å². The summed E-state index contributed by atoms with van der Waals surface area (Å²) < 4.78 is 0. The van der Waals surface area contributed by atoms with Gasteiger partial charge in [-0.1, -0.05) is 70.7 Å². The highest BCUT2D eigenvalue weighted by Crippen LogP contribution is 2.30. The van der Waals surface area contributed by atoms with E-state index in [1.807, 2.05) is 30.3 Å². The smallest absolute Gasteiger partial charge is 0.248 e. The third-order valence-electron chi connectivity index (χ3n) is 5.66. The first-order valence-corrected chi connectivity index (χ1v) is 12.3. The number of nitrogens with one attached hydrogen (secondary N) is 1. The topological polar surface area (TPSA) is 35.6 Å². The number of nitrogens with zero attached hydrogens (tertiary/aromatic N) is 2. The van der Waals surface area contributed by atoms with Crippen LogP contribution in [-0.2, 0) is 11.3 Å².